The highest BCUT2D eigenvalue weighted by atomic mass is 31.2. The number of nitriles is 1. The fourth-order valence-corrected chi connectivity index (χ4v) is 6.29. The lowest BCUT2D eigenvalue weighted by molar-refractivity contribution is -0.168. The molecule has 2 aromatic heterocycles. The zero-order valence-electron chi connectivity index (χ0n) is 25.7. The largest absolute Gasteiger partial charge is 0.462 e. The molecule has 0 unspecified atom stereocenters. The van der Waals surface area contributed by atoms with Crippen molar-refractivity contribution in [3.05, 3.63) is 54.5 Å². The van der Waals surface area contributed by atoms with Crippen LogP contribution in [0.1, 0.15) is 47.2 Å². The minimum Gasteiger partial charge on any atom is -0.462 e. The Kier molecular flexibility index (Phi) is 9.86. The molecule has 242 valence electrons. The van der Waals surface area contributed by atoms with Crippen LogP contribution in [0.15, 0.2) is 48.8 Å². The Hall–Kier alpha value is -4.06. The van der Waals surface area contributed by atoms with Gasteiger partial charge < -0.3 is 29.6 Å². The van der Waals surface area contributed by atoms with E-state index in [1.54, 1.807) is 52.0 Å². The van der Waals surface area contributed by atoms with Crippen molar-refractivity contribution in [2.24, 2.45) is 5.92 Å². The van der Waals surface area contributed by atoms with E-state index in [9.17, 15) is 24.5 Å². The SMILES string of the molecule is CC(C)OC(=O)[C@@H](C)N[P@](=O)(OC[C@H]1O[C@@](C#N)(c2ccc3c(N)ncnn23)[C@](C)(O)[C@@H]1OC(=O)C(C)C)Oc1ccccc1. The van der Waals surface area contributed by atoms with Crippen LogP contribution in [0.5, 0.6) is 5.75 Å². The Morgan fingerprint density at radius 1 is 1.18 bits per heavy atom. The molecule has 0 bridgehead atoms. The number of nitrogens with two attached hydrogens (primary N) is 1. The minimum atomic E-state index is -4.40. The number of ether oxygens (including phenoxy) is 3. The van der Waals surface area contributed by atoms with E-state index in [2.05, 4.69) is 15.2 Å². The second kappa shape index (κ2) is 13.1. The van der Waals surface area contributed by atoms with Gasteiger partial charge in [0.2, 0.25) is 5.60 Å². The summed E-state index contributed by atoms with van der Waals surface area (Å²) in [6.07, 6.45) is -2.15. The van der Waals surface area contributed by atoms with Crippen molar-refractivity contribution in [3.63, 3.8) is 0 Å². The third-order valence-corrected chi connectivity index (χ3v) is 8.73. The number of anilines is 1. The molecule has 6 atom stereocenters. The maximum atomic E-state index is 14.1. The van der Waals surface area contributed by atoms with Crippen LogP contribution in [0.25, 0.3) is 5.52 Å². The number of aliphatic hydroxyl groups is 1. The van der Waals surface area contributed by atoms with Crippen LogP contribution in [0, 0.1) is 17.2 Å². The summed E-state index contributed by atoms with van der Waals surface area (Å²) in [5, 5.41) is 29.3. The molecule has 1 aliphatic heterocycles. The molecule has 4 N–H and O–H groups in total. The van der Waals surface area contributed by atoms with E-state index < -0.39 is 67.8 Å². The summed E-state index contributed by atoms with van der Waals surface area (Å²) in [5.74, 6) is -1.74. The number of benzene rings is 1. The van der Waals surface area contributed by atoms with Gasteiger partial charge in [-0.15, -0.1) is 0 Å². The summed E-state index contributed by atoms with van der Waals surface area (Å²) in [6.45, 7) is 8.60. The van der Waals surface area contributed by atoms with Gasteiger partial charge in [-0.3, -0.25) is 14.1 Å². The first-order valence-corrected chi connectivity index (χ1v) is 15.8. The molecule has 3 heterocycles. The van der Waals surface area contributed by atoms with Crippen LogP contribution < -0.4 is 15.3 Å². The number of para-hydroxylation sites is 1. The zero-order valence-corrected chi connectivity index (χ0v) is 26.6. The lowest BCUT2D eigenvalue weighted by Gasteiger charge is -2.34. The highest BCUT2D eigenvalue weighted by Crippen LogP contribution is 2.51. The van der Waals surface area contributed by atoms with Crippen molar-refractivity contribution in [2.75, 3.05) is 12.3 Å². The Morgan fingerprint density at radius 2 is 1.87 bits per heavy atom. The monoisotopic (exact) mass is 644 g/mol. The number of aromatic nitrogens is 3. The van der Waals surface area contributed by atoms with Crippen molar-refractivity contribution in [1.29, 1.82) is 5.26 Å². The van der Waals surface area contributed by atoms with Gasteiger partial charge in [0.25, 0.3) is 0 Å². The predicted molar refractivity (Wildman–Crippen MR) is 159 cm³/mol. The van der Waals surface area contributed by atoms with Crippen molar-refractivity contribution >= 4 is 31.0 Å². The molecule has 0 spiro atoms. The molecule has 3 aromatic rings. The van der Waals surface area contributed by atoms with Crippen LogP contribution >= 0.6 is 7.75 Å². The first kappa shape index (κ1) is 33.8. The van der Waals surface area contributed by atoms with Crippen molar-refractivity contribution in [3.8, 4) is 11.8 Å². The first-order chi connectivity index (χ1) is 21.1. The van der Waals surface area contributed by atoms with Crippen LogP contribution in [0.3, 0.4) is 0 Å². The van der Waals surface area contributed by atoms with Crippen molar-refractivity contribution in [2.45, 2.75) is 77.1 Å². The van der Waals surface area contributed by atoms with E-state index in [0.29, 0.717) is 5.52 Å². The fourth-order valence-electron chi connectivity index (χ4n) is 4.79. The number of fused-ring (bicyclic) bond motifs is 1. The summed E-state index contributed by atoms with van der Waals surface area (Å²) in [4.78, 5) is 29.3. The highest BCUT2D eigenvalue weighted by Gasteiger charge is 2.67. The standard InChI is InChI=1S/C29H37N6O9P/c1-17(2)26(36)42-24-22(43-29(15-30,28(24,6)38)23-13-12-21-25(31)32-16-33-35(21)23)14-40-45(39,44-20-10-8-7-9-11-20)34-19(5)27(37)41-18(3)4/h7-13,16-19,22,24,38H,14H2,1-6H3,(H,34,39)(H2,31,32,33)/t19-,22-,24-,28-,29+,45+/m1/s1. The van der Waals surface area contributed by atoms with Gasteiger partial charge in [0.1, 0.15) is 41.4 Å². The third-order valence-electron chi connectivity index (χ3n) is 7.08. The summed E-state index contributed by atoms with van der Waals surface area (Å²) < 4.78 is 44.0. The summed E-state index contributed by atoms with van der Waals surface area (Å²) in [7, 11) is -4.40. The van der Waals surface area contributed by atoms with Crippen LogP contribution in [0.4, 0.5) is 5.82 Å². The Bertz CT molecular complexity index is 1620. The van der Waals surface area contributed by atoms with Crippen molar-refractivity contribution in [1.82, 2.24) is 19.7 Å². The number of esters is 2. The van der Waals surface area contributed by atoms with Gasteiger partial charge in [0.05, 0.1) is 24.3 Å². The zero-order chi connectivity index (χ0) is 33.2. The van der Waals surface area contributed by atoms with Gasteiger partial charge in [0.15, 0.2) is 11.9 Å². The second-order valence-corrected chi connectivity index (χ2v) is 13.0. The number of nitrogens with zero attached hydrogens (tertiary/aromatic N) is 4. The molecule has 0 aliphatic carbocycles. The van der Waals surface area contributed by atoms with Gasteiger partial charge in [0, 0.05) is 0 Å². The molecule has 1 saturated heterocycles. The molecular formula is C29H37N6O9P. The molecule has 15 nitrogen and oxygen atoms in total. The molecule has 16 heteroatoms. The number of carbonyl (C=O) groups excluding carboxylic acids is 2. The van der Waals surface area contributed by atoms with E-state index in [-0.39, 0.29) is 17.3 Å². The predicted octanol–water partition coefficient (Wildman–Crippen LogP) is 2.88. The summed E-state index contributed by atoms with van der Waals surface area (Å²) in [6, 6.07) is 12.0. The minimum absolute atomic E-state index is 0.0686. The maximum Gasteiger partial charge on any atom is 0.459 e. The molecule has 45 heavy (non-hydrogen) atoms. The third kappa shape index (κ3) is 6.80. The first-order valence-electron chi connectivity index (χ1n) is 14.2. The normalized spacial score (nSPS) is 25.1. The molecule has 0 radical (unpaired) electrons. The lowest BCUT2D eigenvalue weighted by atomic mass is 9.80. The van der Waals surface area contributed by atoms with E-state index >= 15 is 0 Å². The Balaban J connectivity index is 1.72. The maximum absolute atomic E-state index is 14.1. The van der Waals surface area contributed by atoms with Crippen molar-refractivity contribution < 1.29 is 42.5 Å². The number of hydrogen-bond acceptors (Lipinski definition) is 13. The van der Waals surface area contributed by atoms with Gasteiger partial charge in [-0.1, -0.05) is 32.0 Å². The van der Waals surface area contributed by atoms with Gasteiger partial charge in [-0.25, -0.2) is 14.1 Å². The summed E-state index contributed by atoms with van der Waals surface area (Å²) >= 11 is 0. The van der Waals surface area contributed by atoms with E-state index in [1.807, 2.05) is 6.07 Å². The van der Waals surface area contributed by atoms with Gasteiger partial charge in [-0.05, 0) is 52.0 Å². The lowest BCUT2D eigenvalue weighted by Crippen LogP contribution is -2.54. The molecule has 0 amide bonds. The fraction of sp³-hybridized carbons (Fsp3) is 0.483. The van der Waals surface area contributed by atoms with E-state index in [1.165, 1.54) is 42.9 Å². The Labute approximate surface area is 260 Å². The molecule has 4 rings (SSSR count). The average molecular weight is 645 g/mol. The van der Waals surface area contributed by atoms with Crippen LogP contribution in [0.2, 0.25) is 0 Å². The molecule has 1 aromatic carbocycles. The van der Waals surface area contributed by atoms with Gasteiger partial charge >= 0.3 is 19.7 Å². The van der Waals surface area contributed by atoms with E-state index in [0.717, 1.165) is 0 Å². The summed E-state index contributed by atoms with van der Waals surface area (Å²) in [5.41, 5.74) is 1.99. The number of hydrogen-bond donors (Lipinski definition) is 3. The second-order valence-electron chi connectivity index (χ2n) is 11.3. The molecular weight excluding hydrogens is 607 g/mol. The smallest absolute Gasteiger partial charge is 0.459 e. The number of carbonyl (C=O) groups is 2. The average Bonchev–Trinajstić information content (AvgIpc) is 3.50. The molecule has 1 fully saturated rings. The Morgan fingerprint density at radius 3 is 2.49 bits per heavy atom. The number of rotatable bonds is 12. The van der Waals surface area contributed by atoms with E-state index in [4.69, 9.17) is 29.0 Å². The van der Waals surface area contributed by atoms with Gasteiger partial charge in [-0.2, -0.15) is 15.4 Å². The topological polar surface area (TPSA) is 210 Å². The van der Waals surface area contributed by atoms with Crippen LogP contribution in [-0.2, 0) is 38.5 Å². The molecule has 1 aliphatic rings. The quantitative estimate of drug-likeness (QED) is 0.191. The number of nitrogens with one attached hydrogen (secondary N) is 1. The number of nitrogen functional groups attached to an aromatic ring is 1. The van der Waals surface area contributed by atoms with Crippen LogP contribution in [-0.4, -0.2) is 68.2 Å². The molecule has 0 saturated carbocycles. The highest BCUT2D eigenvalue weighted by molar-refractivity contribution is 7.52.